The summed E-state index contributed by atoms with van der Waals surface area (Å²) >= 11 is 0. The molecule has 0 unspecified atom stereocenters. The first-order valence-electron chi connectivity index (χ1n) is 5.89. The lowest BCUT2D eigenvalue weighted by molar-refractivity contribution is 0.101. The third-order valence-corrected chi connectivity index (χ3v) is 2.91. The van der Waals surface area contributed by atoms with E-state index < -0.39 is 0 Å². The van der Waals surface area contributed by atoms with Crippen molar-refractivity contribution in [3.05, 3.63) is 41.7 Å². The minimum Gasteiger partial charge on any atom is -0.496 e. The quantitative estimate of drug-likeness (QED) is 0.887. The van der Waals surface area contributed by atoms with Gasteiger partial charge in [-0.1, -0.05) is 0 Å². The van der Waals surface area contributed by atoms with Crippen LogP contribution in [0.15, 0.2) is 30.5 Å². The number of carbonyl (C=O) groups is 1. The zero-order valence-electron chi connectivity index (χ0n) is 11.2. The molecule has 0 bridgehead atoms. The number of aromatic nitrogens is 1. The number of nitrogens with zero attached hydrogens (tertiary/aromatic N) is 1. The monoisotopic (exact) mass is 259 g/mol. The fourth-order valence-corrected chi connectivity index (χ4v) is 1.97. The first-order chi connectivity index (χ1) is 9.01. The molecule has 1 amide bonds. The standard InChI is InChI=1S/C14H17N3O2/c1-9-6-11(4-5-13(9)19-3)16-14(18)12-7-10(15)8-17(12)2/h4-8H,15H2,1-3H3,(H,16,18). The molecule has 5 nitrogen and oxygen atoms in total. The highest BCUT2D eigenvalue weighted by atomic mass is 16.5. The molecular weight excluding hydrogens is 242 g/mol. The molecule has 2 rings (SSSR count). The van der Waals surface area contributed by atoms with Crippen molar-refractivity contribution < 1.29 is 9.53 Å². The van der Waals surface area contributed by atoms with Crippen LogP contribution in [0.25, 0.3) is 0 Å². The van der Waals surface area contributed by atoms with E-state index in [1.807, 2.05) is 19.1 Å². The molecule has 0 saturated carbocycles. The molecule has 0 fully saturated rings. The summed E-state index contributed by atoms with van der Waals surface area (Å²) in [6, 6.07) is 7.13. The maximum atomic E-state index is 12.1. The van der Waals surface area contributed by atoms with Crippen molar-refractivity contribution in [1.29, 1.82) is 0 Å². The Morgan fingerprint density at radius 1 is 1.37 bits per heavy atom. The van der Waals surface area contributed by atoms with E-state index in [0.717, 1.165) is 17.0 Å². The van der Waals surface area contributed by atoms with Crippen LogP contribution < -0.4 is 15.8 Å². The largest absolute Gasteiger partial charge is 0.496 e. The molecule has 3 N–H and O–H groups in total. The van der Waals surface area contributed by atoms with Crippen LogP contribution in [0, 0.1) is 6.92 Å². The van der Waals surface area contributed by atoms with Crippen molar-refractivity contribution in [2.45, 2.75) is 6.92 Å². The van der Waals surface area contributed by atoms with Crippen LogP contribution in [0.3, 0.4) is 0 Å². The first-order valence-corrected chi connectivity index (χ1v) is 5.89. The van der Waals surface area contributed by atoms with E-state index in [-0.39, 0.29) is 5.91 Å². The molecule has 100 valence electrons. The zero-order valence-corrected chi connectivity index (χ0v) is 11.2. The Balaban J connectivity index is 2.19. The lowest BCUT2D eigenvalue weighted by Crippen LogP contribution is -2.15. The van der Waals surface area contributed by atoms with Gasteiger partial charge >= 0.3 is 0 Å². The van der Waals surface area contributed by atoms with Crippen LogP contribution in [0.5, 0.6) is 5.75 Å². The topological polar surface area (TPSA) is 69.3 Å². The van der Waals surface area contributed by atoms with Crippen LogP contribution >= 0.6 is 0 Å². The second-order valence-corrected chi connectivity index (χ2v) is 4.41. The second kappa shape index (κ2) is 5.06. The van der Waals surface area contributed by atoms with Crippen LogP contribution in [0.2, 0.25) is 0 Å². The van der Waals surface area contributed by atoms with Gasteiger partial charge in [0.05, 0.1) is 12.8 Å². The van der Waals surface area contributed by atoms with E-state index in [2.05, 4.69) is 5.32 Å². The summed E-state index contributed by atoms with van der Waals surface area (Å²) in [7, 11) is 3.40. The van der Waals surface area contributed by atoms with Gasteiger partial charge in [-0.2, -0.15) is 0 Å². The molecular formula is C14H17N3O2. The Morgan fingerprint density at radius 2 is 2.11 bits per heavy atom. The number of benzene rings is 1. The molecule has 1 aromatic heterocycles. The molecule has 0 spiro atoms. The van der Waals surface area contributed by atoms with Gasteiger partial charge in [0.1, 0.15) is 11.4 Å². The number of hydrogen-bond donors (Lipinski definition) is 2. The lowest BCUT2D eigenvalue weighted by atomic mass is 10.2. The van der Waals surface area contributed by atoms with Crippen LogP contribution in [0.4, 0.5) is 11.4 Å². The van der Waals surface area contributed by atoms with Crippen molar-refractivity contribution in [1.82, 2.24) is 4.57 Å². The highest BCUT2D eigenvalue weighted by molar-refractivity contribution is 6.03. The summed E-state index contributed by atoms with van der Waals surface area (Å²) in [4.78, 5) is 12.1. The van der Waals surface area contributed by atoms with Gasteiger partial charge in [0.2, 0.25) is 0 Å². The summed E-state index contributed by atoms with van der Waals surface area (Å²) in [5.74, 6) is 0.602. The molecule has 1 heterocycles. The Labute approximate surface area is 112 Å². The van der Waals surface area contributed by atoms with Crippen molar-refractivity contribution in [3.8, 4) is 5.75 Å². The fourth-order valence-electron chi connectivity index (χ4n) is 1.97. The number of hydrogen-bond acceptors (Lipinski definition) is 3. The predicted octanol–water partition coefficient (Wildman–Crippen LogP) is 2.18. The number of aryl methyl sites for hydroxylation is 2. The van der Waals surface area contributed by atoms with Gasteiger partial charge in [0.15, 0.2) is 0 Å². The van der Waals surface area contributed by atoms with Crippen LogP contribution in [-0.2, 0) is 7.05 Å². The smallest absolute Gasteiger partial charge is 0.272 e. The number of amides is 1. The fraction of sp³-hybridized carbons (Fsp3) is 0.214. The average molecular weight is 259 g/mol. The average Bonchev–Trinajstić information content (AvgIpc) is 2.69. The third kappa shape index (κ3) is 2.70. The van der Waals surface area contributed by atoms with Gasteiger partial charge < -0.3 is 20.4 Å². The van der Waals surface area contributed by atoms with E-state index in [0.29, 0.717) is 11.4 Å². The van der Waals surface area contributed by atoms with Crippen molar-refractivity contribution in [2.75, 3.05) is 18.2 Å². The second-order valence-electron chi connectivity index (χ2n) is 4.41. The van der Waals surface area contributed by atoms with E-state index in [1.165, 1.54) is 0 Å². The minimum atomic E-state index is -0.191. The Bertz CT molecular complexity index is 617. The number of ether oxygens (including phenoxy) is 1. The number of nitrogens with two attached hydrogens (primary N) is 1. The van der Waals surface area contributed by atoms with Crippen molar-refractivity contribution in [2.24, 2.45) is 7.05 Å². The first kappa shape index (κ1) is 13.0. The normalized spacial score (nSPS) is 10.3. The zero-order chi connectivity index (χ0) is 14.0. The number of nitrogens with one attached hydrogen (secondary N) is 1. The SMILES string of the molecule is COc1ccc(NC(=O)c2cc(N)cn2C)cc1C. The molecule has 19 heavy (non-hydrogen) atoms. The molecule has 0 radical (unpaired) electrons. The molecule has 0 aliphatic heterocycles. The summed E-state index contributed by atoms with van der Waals surface area (Å²) in [6.45, 7) is 1.93. The maximum Gasteiger partial charge on any atom is 0.272 e. The van der Waals surface area contributed by atoms with Crippen LogP contribution in [0.1, 0.15) is 16.1 Å². The van der Waals surface area contributed by atoms with Gasteiger partial charge in [-0.15, -0.1) is 0 Å². The number of carbonyl (C=O) groups excluding carboxylic acids is 1. The lowest BCUT2D eigenvalue weighted by Gasteiger charge is -2.09. The highest BCUT2D eigenvalue weighted by Gasteiger charge is 2.11. The Kier molecular flexibility index (Phi) is 3.46. The third-order valence-electron chi connectivity index (χ3n) is 2.91. The molecule has 1 aromatic carbocycles. The van der Waals surface area contributed by atoms with E-state index in [9.17, 15) is 4.79 Å². The summed E-state index contributed by atoms with van der Waals surface area (Å²) in [6.07, 6.45) is 1.70. The van der Waals surface area contributed by atoms with Gasteiger partial charge in [0, 0.05) is 18.9 Å². The minimum absolute atomic E-state index is 0.191. The molecule has 0 aliphatic carbocycles. The maximum absolute atomic E-state index is 12.1. The van der Waals surface area contributed by atoms with Gasteiger partial charge in [-0.3, -0.25) is 4.79 Å². The van der Waals surface area contributed by atoms with Crippen molar-refractivity contribution in [3.63, 3.8) is 0 Å². The Morgan fingerprint density at radius 3 is 2.63 bits per heavy atom. The predicted molar refractivity (Wildman–Crippen MR) is 75.5 cm³/mol. The van der Waals surface area contributed by atoms with Gasteiger partial charge in [0.25, 0.3) is 5.91 Å². The van der Waals surface area contributed by atoms with Crippen molar-refractivity contribution >= 4 is 17.3 Å². The number of methoxy groups -OCH3 is 1. The molecule has 5 heteroatoms. The van der Waals surface area contributed by atoms with E-state index >= 15 is 0 Å². The number of anilines is 2. The molecule has 0 aliphatic rings. The summed E-state index contributed by atoms with van der Waals surface area (Å²) in [5, 5.41) is 2.83. The summed E-state index contributed by atoms with van der Waals surface area (Å²) < 4.78 is 6.87. The number of rotatable bonds is 3. The van der Waals surface area contributed by atoms with Crippen LogP contribution in [-0.4, -0.2) is 17.6 Å². The molecule has 2 aromatic rings. The Hall–Kier alpha value is -2.43. The molecule has 0 atom stereocenters. The van der Waals surface area contributed by atoms with Gasteiger partial charge in [-0.05, 0) is 36.8 Å². The van der Waals surface area contributed by atoms with E-state index in [1.54, 1.807) is 37.1 Å². The van der Waals surface area contributed by atoms with E-state index in [4.69, 9.17) is 10.5 Å². The molecule has 0 saturated heterocycles. The summed E-state index contributed by atoms with van der Waals surface area (Å²) in [5.41, 5.74) is 8.43. The number of nitrogen functional groups attached to an aromatic ring is 1. The van der Waals surface area contributed by atoms with Gasteiger partial charge in [-0.25, -0.2) is 0 Å². The highest BCUT2D eigenvalue weighted by Crippen LogP contribution is 2.22.